The molecule has 0 saturated carbocycles. The molecule has 2 rings (SSSR count). The van der Waals surface area contributed by atoms with Crippen molar-refractivity contribution in [3.8, 4) is 11.5 Å². The molecule has 1 aliphatic rings. The Hall–Kier alpha value is -2.09. The van der Waals surface area contributed by atoms with Crippen LogP contribution in [0, 0.1) is 0 Å². The molecule has 4 unspecified atom stereocenters. The van der Waals surface area contributed by atoms with Gasteiger partial charge in [-0.2, -0.15) is 0 Å². The van der Waals surface area contributed by atoms with E-state index in [1.807, 2.05) is 0 Å². The third-order valence-corrected chi connectivity index (χ3v) is 3.39. The molecule has 0 amide bonds. The Balaban J connectivity index is 1.99. The smallest absolute Gasteiger partial charge is 0.331 e. The van der Waals surface area contributed by atoms with E-state index in [0.29, 0.717) is 5.56 Å². The fourth-order valence-corrected chi connectivity index (χ4v) is 2.09. The fourth-order valence-electron chi connectivity index (χ4n) is 2.09. The van der Waals surface area contributed by atoms with Crippen molar-refractivity contribution in [2.24, 2.45) is 0 Å². The Labute approximate surface area is 127 Å². The number of phenols is 2. The van der Waals surface area contributed by atoms with E-state index in [4.69, 9.17) is 9.47 Å². The number of carbonyl (C=O) groups excluding carboxylic acids is 1. The molecule has 1 saturated heterocycles. The molecule has 1 aliphatic heterocycles. The van der Waals surface area contributed by atoms with Crippen molar-refractivity contribution in [1.29, 1.82) is 0 Å². The summed E-state index contributed by atoms with van der Waals surface area (Å²) in [5, 5.41) is 37.9. The van der Waals surface area contributed by atoms with E-state index in [1.54, 1.807) is 6.92 Å². The lowest BCUT2D eigenvalue weighted by Gasteiger charge is -2.35. The van der Waals surface area contributed by atoms with Crippen LogP contribution in [-0.4, -0.2) is 57.4 Å². The summed E-state index contributed by atoms with van der Waals surface area (Å²) < 4.78 is 10.3. The summed E-state index contributed by atoms with van der Waals surface area (Å²) in [6, 6.07) is 4.07. The number of aliphatic hydroxyl groups excluding tert-OH is 2. The Bertz CT molecular complexity index is 569. The normalized spacial score (nSPS) is 28.7. The average Bonchev–Trinajstić information content (AvgIpc) is 2.49. The predicted molar refractivity (Wildman–Crippen MR) is 76.1 cm³/mol. The highest BCUT2D eigenvalue weighted by Gasteiger charge is 2.38. The summed E-state index contributed by atoms with van der Waals surface area (Å²) in [5.74, 6) is -1.28. The first-order valence-electron chi connectivity index (χ1n) is 6.77. The van der Waals surface area contributed by atoms with Crippen LogP contribution < -0.4 is 0 Å². The van der Waals surface area contributed by atoms with Crippen molar-refractivity contribution in [1.82, 2.24) is 0 Å². The lowest BCUT2D eigenvalue weighted by molar-refractivity contribution is -0.201. The number of hydrogen-bond acceptors (Lipinski definition) is 7. The first kappa shape index (κ1) is 16.3. The van der Waals surface area contributed by atoms with E-state index >= 15 is 0 Å². The second-order valence-corrected chi connectivity index (χ2v) is 5.08. The van der Waals surface area contributed by atoms with Crippen LogP contribution in [-0.2, 0) is 14.3 Å². The Morgan fingerprint density at radius 3 is 2.73 bits per heavy atom. The molecule has 4 atom stereocenters. The number of benzene rings is 1. The Morgan fingerprint density at radius 2 is 2.05 bits per heavy atom. The molecule has 120 valence electrons. The van der Waals surface area contributed by atoms with Gasteiger partial charge in [-0.3, -0.25) is 0 Å². The average molecular weight is 310 g/mol. The van der Waals surface area contributed by atoms with Gasteiger partial charge in [0.15, 0.2) is 17.6 Å². The van der Waals surface area contributed by atoms with Crippen molar-refractivity contribution in [2.45, 2.75) is 31.3 Å². The van der Waals surface area contributed by atoms with Gasteiger partial charge in [-0.05, 0) is 30.7 Å². The van der Waals surface area contributed by atoms with Gasteiger partial charge in [0.25, 0.3) is 0 Å². The van der Waals surface area contributed by atoms with E-state index in [1.165, 1.54) is 24.3 Å². The van der Waals surface area contributed by atoms with Gasteiger partial charge in [-0.1, -0.05) is 6.07 Å². The molecule has 0 spiro atoms. The van der Waals surface area contributed by atoms with Crippen molar-refractivity contribution in [2.75, 3.05) is 6.61 Å². The maximum atomic E-state index is 11.8. The second kappa shape index (κ2) is 6.78. The molecular formula is C15H18O7. The molecule has 4 N–H and O–H groups in total. The molecule has 0 radical (unpaired) electrons. The Kier molecular flexibility index (Phi) is 5.02. The minimum atomic E-state index is -1.21. The van der Waals surface area contributed by atoms with E-state index in [9.17, 15) is 25.2 Å². The van der Waals surface area contributed by atoms with Crippen molar-refractivity contribution in [3.63, 3.8) is 0 Å². The van der Waals surface area contributed by atoms with Crippen LogP contribution in [0.15, 0.2) is 24.3 Å². The van der Waals surface area contributed by atoms with Gasteiger partial charge in [0.05, 0.1) is 12.7 Å². The van der Waals surface area contributed by atoms with E-state index < -0.39 is 30.4 Å². The summed E-state index contributed by atoms with van der Waals surface area (Å²) >= 11 is 0. The van der Waals surface area contributed by atoms with Crippen LogP contribution in [0.5, 0.6) is 11.5 Å². The van der Waals surface area contributed by atoms with E-state index in [0.717, 1.165) is 6.08 Å². The second-order valence-electron chi connectivity index (χ2n) is 5.08. The largest absolute Gasteiger partial charge is 0.504 e. The molecule has 0 bridgehead atoms. The summed E-state index contributed by atoms with van der Waals surface area (Å²) in [4.78, 5) is 11.8. The monoisotopic (exact) mass is 310 g/mol. The molecule has 1 aromatic rings. The highest BCUT2D eigenvalue weighted by Crippen LogP contribution is 2.25. The van der Waals surface area contributed by atoms with Crippen LogP contribution in [0.3, 0.4) is 0 Å². The van der Waals surface area contributed by atoms with Crippen molar-refractivity contribution < 1.29 is 34.7 Å². The summed E-state index contributed by atoms with van der Waals surface area (Å²) in [5.41, 5.74) is 0.487. The topological polar surface area (TPSA) is 116 Å². The molecule has 22 heavy (non-hydrogen) atoms. The van der Waals surface area contributed by atoms with Crippen LogP contribution in [0.25, 0.3) is 6.08 Å². The van der Waals surface area contributed by atoms with Crippen LogP contribution in [0.1, 0.15) is 12.5 Å². The number of aromatic hydroxyl groups is 2. The minimum absolute atomic E-state index is 0.0149. The number of carbonyl (C=O) groups is 1. The molecule has 1 heterocycles. The summed E-state index contributed by atoms with van der Waals surface area (Å²) in [6.07, 6.45) is -1.31. The number of hydrogen-bond donors (Lipinski definition) is 4. The molecule has 7 nitrogen and oxygen atoms in total. The van der Waals surface area contributed by atoms with Crippen LogP contribution >= 0.6 is 0 Å². The SMILES string of the molecule is CC1OCC(O)C(O)C1OC(=O)C=Cc1ccc(O)c(O)c1. The fraction of sp³-hybridized carbons (Fsp3) is 0.400. The van der Waals surface area contributed by atoms with Crippen LogP contribution in [0.2, 0.25) is 0 Å². The van der Waals surface area contributed by atoms with Crippen molar-refractivity contribution >= 4 is 12.0 Å². The predicted octanol–water partition coefficient (Wildman–Crippen LogP) is 0.163. The Morgan fingerprint density at radius 1 is 1.32 bits per heavy atom. The van der Waals surface area contributed by atoms with Crippen molar-refractivity contribution in [3.05, 3.63) is 29.8 Å². The molecule has 1 aromatic carbocycles. The summed E-state index contributed by atoms with van der Waals surface area (Å²) in [7, 11) is 0. The number of phenolic OH excluding ortho intramolecular Hbond substituents is 2. The lowest BCUT2D eigenvalue weighted by atomic mass is 10.0. The van der Waals surface area contributed by atoms with Crippen LogP contribution in [0.4, 0.5) is 0 Å². The number of esters is 1. The molecule has 0 aromatic heterocycles. The quantitative estimate of drug-likeness (QED) is 0.357. The number of rotatable bonds is 3. The molecule has 7 heteroatoms. The summed E-state index contributed by atoms with van der Waals surface area (Å²) in [6.45, 7) is 1.62. The first-order valence-corrected chi connectivity index (χ1v) is 6.77. The standard InChI is InChI=1S/C15H18O7/c1-8-15(14(20)12(18)7-21-8)22-13(19)5-3-9-2-4-10(16)11(17)6-9/h2-6,8,12,14-18,20H,7H2,1H3. The maximum Gasteiger partial charge on any atom is 0.331 e. The van der Waals surface area contributed by atoms with Gasteiger partial charge in [-0.25, -0.2) is 4.79 Å². The number of aliphatic hydroxyl groups is 2. The zero-order chi connectivity index (χ0) is 16.3. The molecular weight excluding hydrogens is 292 g/mol. The lowest BCUT2D eigenvalue weighted by Crippen LogP contribution is -2.53. The zero-order valence-electron chi connectivity index (χ0n) is 11.9. The van der Waals surface area contributed by atoms with E-state index in [2.05, 4.69) is 0 Å². The zero-order valence-corrected chi connectivity index (χ0v) is 11.9. The van der Waals surface area contributed by atoms with E-state index in [-0.39, 0.29) is 18.1 Å². The number of ether oxygens (including phenoxy) is 2. The third-order valence-electron chi connectivity index (χ3n) is 3.39. The van der Waals surface area contributed by atoms with Gasteiger partial charge in [-0.15, -0.1) is 0 Å². The highest BCUT2D eigenvalue weighted by molar-refractivity contribution is 5.87. The molecule has 1 fully saturated rings. The van der Waals surface area contributed by atoms with Gasteiger partial charge >= 0.3 is 5.97 Å². The van der Waals surface area contributed by atoms with Gasteiger partial charge in [0.1, 0.15) is 12.2 Å². The van der Waals surface area contributed by atoms with Gasteiger partial charge in [0, 0.05) is 6.08 Å². The first-order chi connectivity index (χ1) is 10.4. The highest BCUT2D eigenvalue weighted by atomic mass is 16.6. The maximum absolute atomic E-state index is 11.8. The third kappa shape index (κ3) is 3.76. The van der Waals surface area contributed by atoms with Gasteiger partial charge < -0.3 is 29.9 Å². The van der Waals surface area contributed by atoms with Gasteiger partial charge in [0.2, 0.25) is 0 Å². The molecule has 0 aliphatic carbocycles. The minimum Gasteiger partial charge on any atom is -0.504 e.